The van der Waals surface area contributed by atoms with Crippen molar-refractivity contribution in [3.05, 3.63) is 30.0 Å². The number of likely N-dealkylation sites (tertiary alicyclic amines) is 1. The maximum absolute atomic E-state index is 14.5. The number of aliphatic hydroxyl groups is 1. The number of aromatic amines is 1. The summed E-state index contributed by atoms with van der Waals surface area (Å²) in [6.45, 7) is 2.50. The van der Waals surface area contributed by atoms with Crippen LogP contribution in [0.1, 0.15) is 122 Å². The van der Waals surface area contributed by atoms with Crippen molar-refractivity contribution in [3.8, 4) is 0 Å². The lowest BCUT2D eigenvalue weighted by Gasteiger charge is -2.30. The molecule has 0 saturated carbocycles. The van der Waals surface area contributed by atoms with Crippen molar-refractivity contribution in [2.45, 2.75) is 177 Å². The number of rotatable bonds is 45. The van der Waals surface area contributed by atoms with Crippen LogP contribution in [0, 0.1) is 0 Å². The number of aromatic nitrogens is 2. The summed E-state index contributed by atoms with van der Waals surface area (Å²) in [5, 5.41) is 34.1. The third kappa shape index (κ3) is 28.8. The van der Waals surface area contributed by atoms with Gasteiger partial charge in [-0.3, -0.25) is 52.9 Å². The second kappa shape index (κ2) is 43.3. The van der Waals surface area contributed by atoms with Gasteiger partial charge in [-0.2, -0.15) is 0 Å². The van der Waals surface area contributed by atoms with E-state index in [1.807, 2.05) is 0 Å². The summed E-state index contributed by atoms with van der Waals surface area (Å²) in [5.74, 6) is -7.75. The fourth-order valence-corrected chi connectivity index (χ4v) is 9.16. The first-order chi connectivity index (χ1) is 41.7. The SMILES string of the molecule is CC[C@H](NC(=O)[C@@H](NC(=O)[C@@H](N)CCCCN)[C@@H](O)CN)C(=O)NCC(=O)N[C@H](CCCN)C(=O)N1CCC[C@H]1C(=O)N[C@@H](Cc1cnc[nH]1)C(=O)N[C@@H](CCCCN)C(=O)N/C(=C\CCN=C(N)N)C(=O)N[C@@H](CCCCN)C(=O)NCCCCN. The molecule has 87 heavy (non-hydrogen) atoms. The maximum Gasteiger partial charge on any atom is 0.268 e. The fraction of sp³-hybridized carbons (Fsp3) is 0.704. The van der Waals surface area contributed by atoms with Crippen molar-refractivity contribution >= 4 is 65.0 Å². The Kier molecular flexibility index (Phi) is 37.6. The normalized spacial score (nSPS) is 15.9. The lowest BCUT2D eigenvalue weighted by molar-refractivity contribution is -0.142. The molecular weight excluding hydrogens is 1130 g/mol. The highest BCUT2D eigenvalue weighted by Crippen LogP contribution is 2.21. The third-order valence-corrected chi connectivity index (χ3v) is 14.1. The maximum atomic E-state index is 14.5. The van der Waals surface area contributed by atoms with Gasteiger partial charge in [-0.15, -0.1) is 0 Å². The molecule has 1 fully saturated rings. The molecule has 29 N–H and O–H groups in total. The van der Waals surface area contributed by atoms with Gasteiger partial charge in [0.25, 0.3) is 5.91 Å². The van der Waals surface area contributed by atoms with Gasteiger partial charge < -0.3 is 114 Å². The van der Waals surface area contributed by atoms with E-state index in [4.69, 9.17) is 51.6 Å². The highest BCUT2D eigenvalue weighted by atomic mass is 16.3. The largest absolute Gasteiger partial charge is 0.389 e. The zero-order valence-electron chi connectivity index (χ0n) is 50.3. The summed E-state index contributed by atoms with van der Waals surface area (Å²) in [7, 11) is 0. The molecule has 1 aromatic rings. The van der Waals surface area contributed by atoms with Crippen LogP contribution in [-0.2, 0) is 54.4 Å². The minimum Gasteiger partial charge on any atom is -0.389 e. The molecule has 1 aliphatic rings. The quantitative estimate of drug-likeness (QED) is 0.0125. The third-order valence-electron chi connectivity index (χ3n) is 14.1. The van der Waals surface area contributed by atoms with Crippen LogP contribution >= 0.6 is 0 Å². The topological polar surface area (TPSA) is 578 Å². The van der Waals surface area contributed by atoms with Gasteiger partial charge in [0.15, 0.2) is 5.96 Å². The van der Waals surface area contributed by atoms with E-state index >= 15 is 0 Å². The van der Waals surface area contributed by atoms with Crippen molar-refractivity contribution < 1.29 is 53.1 Å². The van der Waals surface area contributed by atoms with Crippen LogP contribution in [0.5, 0.6) is 0 Å². The van der Waals surface area contributed by atoms with Crippen LogP contribution in [0.2, 0.25) is 0 Å². The predicted octanol–water partition coefficient (Wildman–Crippen LogP) is -7.33. The number of carbonyl (C=O) groups is 10. The van der Waals surface area contributed by atoms with E-state index in [9.17, 15) is 53.1 Å². The monoisotopic (exact) mass is 1230 g/mol. The van der Waals surface area contributed by atoms with Crippen molar-refractivity contribution in [1.82, 2.24) is 62.7 Å². The summed E-state index contributed by atoms with van der Waals surface area (Å²) >= 11 is 0. The molecule has 0 bridgehead atoms. The summed E-state index contributed by atoms with van der Waals surface area (Å²) in [6.07, 6.45) is 8.24. The number of H-pyrrole nitrogens is 1. The van der Waals surface area contributed by atoms with Gasteiger partial charge in [-0.05, 0) is 135 Å². The molecule has 2 rings (SSSR count). The molecule has 1 aromatic heterocycles. The second-order valence-electron chi connectivity index (χ2n) is 21.1. The number of aliphatic hydroxyl groups excluding tert-OH is 1. The fourth-order valence-electron chi connectivity index (χ4n) is 9.16. The zero-order chi connectivity index (χ0) is 64.7. The standard InChI is InChI=1S/C54H100N22O11/c1-2-35(70-52(86)44(42(77)29-60)75-45(79)34(61)14-3-6-20-55)46(80)67-31-43(78)69-39(17-11-24-59)53(87)76-27-13-19-41(76)51(85)74-40(28-33-30-64-32-68-33)50(84)73-37(16-5-8-22-57)48(82)72-38(18-12-26-66-54(62)63)49(83)71-36(15-4-7-21-56)47(81)65-25-10-9-23-58/h18,30,32,34-37,39-42,44,77H,2-17,19-29,31,55-61H2,1H3,(H,64,68)(H,65,81)(H,67,80)(H,69,78)(H,70,86)(H,71,83)(H,72,82)(H,73,84)(H,74,85)(H,75,79)(H4,62,63,66)/b38-18-/t34-,35-,36-,37-,39+,40-,41-,42-,44-/m0/s1. The number of unbranched alkanes of at least 4 members (excludes halogenated alkanes) is 4. The molecule has 0 aliphatic carbocycles. The first kappa shape index (κ1) is 75.7. The number of imidazole rings is 1. The van der Waals surface area contributed by atoms with Crippen LogP contribution in [-0.4, -0.2) is 205 Å². The smallest absolute Gasteiger partial charge is 0.268 e. The number of guanidine groups is 1. The molecule has 0 unspecified atom stereocenters. The number of aliphatic imine (C=N–C) groups is 1. The number of hydrogen-bond donors (Lipinski definition) is 20. The molecule has 0 radical (unpaired) electrons. The van der Waals surface area contributed by atoms with Gasteiger partial charge in [0.2, 0.25) is 53.2 Å². The minimum absolute atomic E-state index is 0.0159. The van der Waals surface area contributed by atoms with Gasteiger partial charge in [0.05, 0.1) is 25.0 Å². The van der Waals surface area contributed by atoms with Crippen LogP contribution in [0.25, 0.3) is 0 Å². The van der Waals surface area contributed by atoms with Crippen LogP contribution in [0.4, 0.5) is 0 Å². The van der Waals surface area contributed by atoms with Gasteiger partial charge >= 0.3 is 0 Å². The molecule has 33 heteroatoms. The Balaban J connectivity index is 2.35. The molecule has 9 atom stereocenters. The molecule has 0 aromatic carbocycles. The zero-order valence-corrected chi connectivity index (χ0v) is 50.3. The molecule has 1 aliphatic heterocycles. The van der Waals surface area contributed by atoms with Gasteiger partial charge in [-0.1, -0.05) is 19.4 Å². The number of amides is 10. The second-order valence-corrected chi connectivity index (χ2v) is 21.1. The van der Waals surface area contributed by atoms with Crippen molar-refractivity contribution in [1.29, 1.82) is 0 Å². The van der Waals surface area contributed by atoms with Crippen LogP contribution in [0.3, 0.4) is 0 Å². The summed E-state index contributed by atoms with van der Waals surface area (Å²) < 4.78 is 0. The van der Waals surface area contributed by atoms with E-state index in [-0.39, 0.29) is 95.6 Å². The predicted molar refractivity (Wildman–Crippen MR) is 325 cm³/mol. The van der Waals surface area contributed by atoms with E-state index in [1.54, 1.807) is 6.92 Å². The van der Waals surface area contributed by atoms with Crippen LogP contribution in [0.15, 0.2) is 29.3 Å². The molecule has 0 spiro atoms. The number of hydrogen-bond acceptors (Lipinski definition) is 20. The van der Waals surface area contributed by atoms with E-state index in [2.05, 4.69) is 62.8 Å². The number of nitrogens with two attached hydrogens (primary N) is 9. The van der Waals surface area contributed by atoms with Gasteiger partial charge in [-0.25, -0.2) is 4.98 Å². The van der Waals surface area contributed by atoms with E-state index in [0.717, 1.165) is 0 Å². The van der Waals surface area contributed by atoms with Crippen molar-refractivity contribution in [3.63, 3.8) is 0 Å². The van der Waals surface area contributed by atoms with Crippen molar-refractivity contribution in [2.75, 3.05) is 65.4 Å². The average Bonchev–Trinajstić information content (AvgIpc) is 3.19. The Morgan fingerprint density at radius 3 is 1.87 bits per heavy atom. The Morgan fingerprint density at radius 1 is 0.678 bits per heavy atom. The molecular formula is C54H100N22O11. The molecule has 10 amide bonds. The summed E-state index contributed by atoms with van der Waals surface area (Å²) in [6, 6.07) is -9.91. The molecule has 33 nitrogen and oxygen atoms in total. The molecule has 2 heterocycles. The Morgan fingerprint density at radius 2 is 1.28 bits per heavy atom. The summed E-state index contributed by atoms with van der Waals surface area (Å²) in [4.78, 5) is 150. The number of carbonyl (C=O) groups excluding carboxylic acids is 10. The van der Waals surface area contributed by atoms with Gasteiger partial charge in [0, 0.05) is 44.5 Å². The Hall–Kier alpha value is -7.40. The first-order valence-corrected chi connectivity index (χ1v) is 30.1. The molecule has 1 saturated heterocycles. The van der Waals surface area contributed by atoms with Crippen LogP contribution < -0.4 is 99.5 Å². The lowest BCUT2D eigenvalue weighted by atomic mass is 10.0. The van der Waals surface area contributed by atoms with E-state index < -0.39 is 127 Å². The van der Waals surface area contributed by atoms with Crippen molar-refractivity contribution in [2.24, 2.45) is 56.6 Å². The highest BCUT2D eigenvalue weighted by Gasteiger charge is 2.40. The van der Waals surface area contributed by atoms with Gasteiger partial charge in [0.1, 0.15) is 48.0 Å². The first-order valence-electron chi connectivity index (χ1n) is 30.1. The Labute approximate surface area is 508 Å². The summed E-state index contributed by atoms with van der Waals surface area (Å²) in [5.41, 5.74) is 51.3. The number of nitrogens with one attached hydrogen (secondary N) is 10. The van der Waals surface area contributed by atoms with E-state index in [1.165, 1.54) is 23.5 Å². The highest BCUT2D eigenvalue weighted by molar-refractivity contribution is 6.02. The van der Waals surface area contributed by atoms with E-state index in [0.29, 0.717) is 89.7 Å². The number of nitrogens with zero attached hydrogens (tertiary/aromatic N) is 3. The Bertz CT molecular complexity index is 2360. The minimum atomic E-state index is -1.57. The lowest BCUT2D eigenvalue weighted by Crippen LogP contribution is -2.61. The average molecular weight is 1230 g/mol. The molecule has 492 valence electrons.